The molecule has 1 aromatic rings. The number of aliphatic hydroxyl groups is 1. The van der Waals surface area contributed by atoms with Crippen molar-refractivity contribution in [1.29, 1.82) is 0 Å². The summed E-state index contributed by atoms with van der Waals surface area (Å²) in [4.78, 5) is 23.4. The van der Waals surface area contributed by atoms with E-state index in [-0.39, 0.29) is 25.0 Å². The number of carbonyl (C=O) groups is 2. The summed E-state index contributed by atoms with van der Waals surface area (Å²) in [5.41, 5.74) is 0.353. The second kappa shape index (κ2) is 10.5. The third-order valence-corrected chi connectivity index (χ3v) is 3.94. The smallest absolute Gasteiger partial charge is 0.253 e. The van der Waals surface area contributed by atoms with E-state index in [0.29, 0.717) is 17.1 Å². The van der Waals surface area contributed by atoms with E-state index < -0.39 is 0 Å². The van der Waals surface area contributed by atoms with Crippen LogP contribution in [-0.4, -0.2) is 48.1 Å². The van der Waals surface area contributed by atoms with Gasteiger partial charge in [-0.25, -0.2) is 0 Å². The number of hydrogen-bond acceptors (Lipinski definition) is 4. The standard InChI is InChI=1S/C14H19ClN2O3S/c15-12-5-2-1-4-11(12)14(20)17-10-13(19)16-6-9-21-8-3-7-18/h1-2,4-5,18H,3,6-10H2,(H,16,19)(H,17,20). The van der Waals surface area contributed by atoms with Crippen molar-refractivity contribution < 1.29 is 14.7 Å². The number of aliphatic hydroxyl groups excluding tert-OH is 1. The van der Waals surface area contributed by atoms with Crippen LogP contribution in [0.15, 0.2) is 24.3 Å². The van der Waals surface area contributed by atoms with Gasteiger partial charge in [0, 0.05) is 18.9 Å². The van der Waals surface area contributed by atoms with Gasteiger partial charge in [0.1, 0.15) is 0 Å². The largest absolute Gasteiger partial charge is 0.396 e. The third kappa shape index (κ3) is 7.36. The minimum Gasteiger partial charge on any atom is -0.396 e. The first-order valence-corrected chi connectivity index (χ1v) is 8.16. The molecule has 1 aromatic carbocycles. The lowest BCUT2D eigenvalue weighted by Gasteiger charge is -2.07. The Morgan fingerprint density at radius 3 is 2.67 bits per heavy atom. The van der Waals surface area contributed by atoms with E-state index >= 15 is 0 Å². The molecule has 0 unspecified atom stereocenters. The van der Waals surface area contributed by atoms with Crippen LogP contribution in [0.1, 0.15) is 16.8 Å². The summed E-state index contributed by atoms with van der Waals surface area (Å²) in [6.45, 7) is 0.649. The number of nitrogens with one attached hydrogen (secondary N) is 2. The van der Waals surface area contributed by atoms with Gasteiger partial charge in [-0.1, -0.05) is 23.7 Å². The summed E-state index contributed by atoms with van der Waals surface area (Å²) in [6, 6.07) is 6.68. The van der Waals surface area contributed by atoms with Crippen molar-refractivity contribution in [3.63, 3.8) is 0 Å². The molecule has 0 atom stereocenters. The molecule has 21 heavy (non-hydrogen) atoms. The lowest BCUT2D eigenvalue weighted by Crippen LogP contribution is -2.37. The normalized spacial score (nSPS) is 10.2. The maximum Gasteiger partial charge on any atom is 0.253 e. The number of rotatable bonds is 9. The second-order valence-electron chi connectivity index (χ2n) is 4.20. The van der Waals surface area contributed by atoms with Crippen LogP contribution in [0.4, 0.5) is 0 Å². The molecule has 0 radical (unpaired) electrons. The molecule has 0 spiro atoms. The summed E-state index contributed by atoms with van der Waals surface area (Å²) in [6.07, 6.45) is 0.756. The van der Waals surface area contributed by atoms with E-state index in [9.17, 15) is 9.59 Å². The van der Waals surface area contributed by atoms with Gasteiger partial charge in [-0.05, 0) is 24.3 Å². The summed E-state index contributed by atoms with van der Waals surface area (Å²) in [7, 11) is 0. The van der Waals surface area contributed by atoms with Gasteiger partial charge in [-0.2, -0.15) is 11.8 Å². The van der Waals surface area contributed by atoms with Crippen LogP contribution in [0.3, 0.4) is 0 Å². The minimum atomic E-state index is -0.368. The van der Waals surface area contributed by atoms with Crippen molar-refractivity contribution in [3.05, 3.63) is 34.9 Å². The average Bonchev–Trinajstić information content (AvgIpc) is 2.49. The molecule has 0 heterocycles. The molecule has 116 valence electrons. The van der Waals surface area contributed by atoms with Crippen LogP contribution in [0.25, 0.3) is 0 Å². The van der Waals surface area contributed by atoms with Gasteiger partial charge >= 0.3 is 0 Å². The van der Waals surface area contributed by atoms with Crippen molar-refractivity contribution in [2.45, 2.75) is 6.42 Å². The van der Waals surface area contributed by atoms with Gasteiger partial charge in [-0.3, -0.25) is 9.59 Å². The molecule has 0 saturated heterocycles. The minimum absolute atomic E-state index is 0.0780. The molecular weight excluding hydrogens is 312 g/mol. The first-order chi connectivity index (χ1) is 10.1. The lowest BCUT2D eigenvalue weighted by atomic mass is 10.2. The Labute approximate surface area is 133 Å². The Kier molecular flexibility index (Phi) is 8.89. The fourth-order valence-corrected chi connectivity index (χ4v) is 2.50. The van der Waals surface area contributed by atoms with Gasteiger partial charge in [0.15, 0.2) is 0 Å². The number of hydrogen-bond donors (Lipinski definition) is 3. The zero-order valence-electron chi connectivity index (χ0n) is 11.6. The zero-order valence-corrected chi connectivity index (χ0v) is 13.2. The molecule has 2 amide bonds. The Balaban J connectivity index is 2.18. The van der Waals surface area contributed by atoms with Crippen molar-refractivity contribution in [2.75, 3.05) is 31.2 Å². The van der Waals surface area contributed by atoms with E-state index in [0.717, 1.165) is 17.9 Å². The molecule has 5 nitrogen and oxygen atoms in total. The molecule has 0 aromatic heterocycles. The van der Waals surface area contributed by atoms with Crippen molar-refractivity contribution >= 4 is 35.2 Å². The first kappa shape index (κ1) is 17.8. The summed E-state index contributed by atoms with van der Waals surface area (Å²) >= 11 is 7.56. The van der Waals surface area contributed by atoms with E-state index in [4.69, 9.17) is 16.7 Å². The molecular formula is C14H19ClN2O3S. The van der Waals surface area contributed by atoms with E-state index in [1.54, 1.807) is 36.0 Å². The number of thioether (sulfide) groups is 1. The Bertz CT molecular complexity index is 471. The number of halogens is 1. The van der Waals surface area contributed by atoms with Gasteiger partial charge in [0.05, 0.1) is 17.1 Å². The molecule has 0 aliphatic carbocycles. The zero-order chi connectivity index (χ0) is 15.5. The van der Waals surface area contributed by atoms with Crippen molar-refractivity contribution in [1.82, 2.24) is 10.6 Å². The second-order valence-corrected chi connectivity index (χ2v) is 5.83. The lowest BCUT2D eigenvalue weighted by molar-refractivity contribution is -0.120. The van der Waals surface area contributed by atoms with Gasteiger partial charge in [-0.15, -0.1) is 0 Å². The maximum atomic E-state index is 11.8. The number of carbonyl (C=O) groups excluding carboxylic acids is 2. The van der Waals surface area contributed by atoms with E-state index in [1.165, 1.54) is 0 Å². The summed E-state index contributed by atoms with van der Waals surface area (Å²) in [5, 5.41) is 14.2. The highest BCUT2D eigenvalue weighted by molar-refractivity contribution is 7.99. The highest BCUT2D eigenvalue weighted by atomic mass is 35.5. The molecule has 0 aliphatic heterocycles. The van der Waals surface area contributed by atoms with Crippen LogP contribution in [0, 0.1) is 0 Å². The molecule has 1 rings (SSSR count). The molecule has 0 fully saturated rings. The monoisotopic (exact) mass is 330 g/mol. The molecule has 0 saturated carbocycles. The average molecular weight is 331 g/mol. The van der Waals surface area contributed by atoms with Gasteiger partial charge < -0.3 is 15.7 Å². The number of benzene rings is 1. The Morgan fingerprint density at radius 1 is 1.19 bits per heavy atom. The first-order valence-electron chi connectivity index (χ1n) is 6.63. The highest BCUT2D eigenvalue weighted by Crippen LogP contribution is 2.14. The van der Waals surface area contributed by atoms with Crippen LogP contribution >= 0.6 is 23.4 Å². The maximum absolute atomic E-state index is 11.8. The molecule has 7 heteroatoms. The van der Waals surface area contributed by atoms with Crippen LogP contribution in [0.2, 0.25) is 5.02 Å². The molecule has 0 aliphatic rings. The summed E-state index contributed by atoms with van der Waals surface area (Å²) in [5.74, 6) is 1.05. The Hall–Kier alpha value is -1.24. The predicted molar refractivity (Wildman–Crippen MR) is 85.8 cm³/mol. The number of amides is 2. The Morgan fingerprint density at radius 2 is 1.95 bits per heavy atom. The topological polar surface area (TPSA) is 78.4 Å². The summed E-state index contributed by atoms with van der Waals surface area (Å²) < 4.78 is 0. The quantitative estimate of drug-likeness (QED) is 0.596. The van der Waals surface area contributed by atoms with E-state index in [2.05, 4.69) is 10.6 Å². The third-order valence-electron chi connectivity index (χ3n) is 2.54. The van der Waals surface area contributed by atoms with E-state index in [1.807, 2.05) is 0 Å². The van der Waals surface area contributed by atoms with Gasteiger partial charge in [0.25, 0.3) is 5.91 Å². The predicted octanol–water partition coefficient (Wildman–Crippen LogP) is 1.30. The van der Waals surface area contributed by atoms with Crippen molar-refractivity contribution in [2.24, 2.45) is 0 Å². The van der Waals surface area contributed by atoms with Gasteiger partial charge in [0.2, 0.25) is 5.91 Å². The van der Waals surface area contributed by atoms with Crippen LogP contribution < -0.4 is 10.6 Å². The SMILES string of the molecule is O=C(CNC(=O)c1ccccc1Cl)NCCSCCCO. The molecule has 3 N–H and O–H groups in total. The fourth-order valence-electron chi connectivity index (χ4n) is 1.49. The molecule has 0 bridgehead atoms. The van der Waals surface area contributed by atoms with Crippen LogP contribution in [-0.2, 0) is 4.79 Å². The highest BCUT2D eigenvalue weighted by Gasteiger charge is 2.10. The van der Waals surface area contributed by atoms with Crippen molar-refractivity contribution in [3.8, 4) is 0 Å². The fraction of sp³-hybridized carbons (Fsp3) is 0.429. The van der Waals surface area contributed by atoms with Crippen LogP contribution in [0.5, 0.6) is 0 Å².